The Labute approximate surface area is 98.9 Å². The van der Waals surface area contributed by atoms with Crippen molar-refractivity contribution in [3.8, 4) is 11.5 Å². The predicted molar refractivity (Wildman–Crippen MR) is 67.9 cm³/mol. The highest BCUT2D eigenvalue weighted by Crippen LogP contribution is 2.42. The van der Waals surface area contributed by atoms with Crippen molar-refractivity contribution in [3.05, 3.63) is 48.0 Å². The van der Waals surface area contributed by atoms with Crippen molar-refractivity contribution in [2.24, 2.45) is 0 Å². The van der Waals surface area contributed by atoms with E-state index in [2.05, 4.69) is 10.7 Å². The van der Waals surface area contributed by atoms with E-state index in [9.17, 15) is 0 Å². The summed E-state index contributed by atoms with van der Waals surface area (Å²) in [6.07, 6.45) is 0. The maximum absolute atomic E-state index is 5.77. The van der Waals surface area contributed by atoms with Gasteiger partial charge in [-0.15, -0.1) is 0 Å². The molecule has 3 heteroatoms. The van der Waals surface area contributed by atoms with Crippen molar-refractivity contribution >= 4 is 29.0 Å². The van der Waals surface area contributed by atoms with E-state index in [1.54, 1.807) is 0 Å². The van der Waals surface area contributed by atoms with E-state index in [1.807, 2.05) is 42.5 Å². The molecule has 0 aliphatic carbocycles. The maximum atomic E-state index is 5.77. The van der Waals surface area contributed by atoms with Crippen LogP contribution in [-0.4, -0.2) is 5.37 Å². The molecule has 0 unspecified atom stereocenters. The van der Waals surface area contributed by atoms with Crippen LogP contribution in [0.5, 0.6) is 11.5 Å². The lowest BCUT2D eigenvalue weighted by Gasteiger charge is -2.22. The normalized spacial score (nSPS) is 11.8. The van der Waals surface area contributed by atoms with Gasteiger partial charge in [0.1, 0.15) is 0 Å². The number of para-hydroxylation sites is 3. The minimum Gasteiger partial charge on any atom is -0.453 e. The molecule has 1 heterocycles. The Kier molecular flexibility index (Phi) is 2.11. The molecular weight excluding hydrogens is 218 g/mol. The minimum atomic E-state index is 0.786. The fraction of sp³-hybridized carbons (Fsp3) is 0. The average Bonchev–Trinajstić information content (AvgIpc) is 2.35. The predicted octanol–water partition coefficient (Wildman–Crippen LogP) is 3.76. The molecule has 2 aromatic rings. The van der Waals surface area contributed by atoms with E-state index in [0.717, 1.165) is 28.4 Å². The Morgan fingerprint density at radius 3 is 2.69 bits per heavy atom. The molecule has 77 valence electrons. The molecule has 3 rings (SSSR count). The van der Waals surface area contributed by atoms with Gasteiger partial charge in [0, 0.05) is 5.56 Å². The quantitative estimate of drug-likeness (QED) is 0.638. The SMILES string of the molecule is S=[C]c1cccc2c1Nc1ccccc1O2. The van der Waals surface area contributed by atoms with Crippen molar-refractivity contribution in [1.29, 1.82) is 0 Å². The van der Waals surface area contributed by atoms with Crippen LogP contribution < -0.4 is 10.1 Å². The molecule has 0 aromatic heterocycles. The van der Waals surface area contributed by atoms with E-state index < -0.39 is 0 Å². The Bertz CT molecular complexity index is 566. The molecule has 0 saturated carbocycles. The van der Waals surface area contributed by atoms with E-state index in [0.29, 0.717) is 0 Å². The number of rotatable bonds is 1. The number of ether oxygens (including phenoxy) is 1. The Morgan fingerprint density at radius 1 is 1.00 bits per heavy atom. The fourth-order valence-corrected chi connectivity index (χ4v) is 1.91. The molecule has 0 fully saturated rings. The van der Waals surface area contributed by atoms with Gasteiger partial charge in [0.2, 0.25) is 0 Å². The summed E-state index contributed by atoms with van der Waals surface area (Å²) in [5.74, 6) is 1.62. The smallest absolute Gasteiger partial charge is 0.151 e. The summed E-state index contributed by atoms with van der Waals surface area (Å²) in [4.78, 5) is 0. The zero-order valence-electron chi connectivity index (χ0n) is 8.36. The lowest BCUT2D eigenvalue weighted by Crippen LogP contribution is -2.04. The van der Waals surface area contributed by atoms with E-state index in [-0.39, 0.29) is 0 Å². The van der Waals surface area contributed by atoms with Gasteiger partial charge in [-0.2, -0.15) is 0 Å². The number of nitrogens with one attached hydrogen (secondary N) is 1. The zero-order valence-corrected chi connectivity index (χ0v) is 9.17. The third kappa shape index (κ3) is 1.37. The second-order valence-electron chi connectivity index (χ2n) is 3.50. The first kappa shape index (κ1) is 9.36. The largest absolute Gasteiger partial charge is 0.453 e. The molecular formula is C13H8NOS. The van der Waals surface area contributed by atoms with Crippen molar-refractivity contribution in [1.82, 2.24) is 0 Å². The van der Waals surface area contributed by atoms with Crippen molar-refractivity contribution < 1.29 is 4.74 Å². The van der Waals surface area contributed by atoms with Crippen LogP contribution in [0.25, 0.3) is 0 Å². The molecule has 0 atom stereocenters. The summed E-state index contributed by atoms with van der Waals surface area (Å²) in [6, 6.07) is 13.5. The monoisotopic (exact) mass is 226 g/mol. The third-order valence-corrected chi connectivity index (χ3v) is 2.72. The van der Waals surface area contributed by atoms with Gasteiger partial charge in [-0.1, -0.05) is 36.5 Å². The first-order valence-electron chi connectivity index (χ1n) is 4.93. The van der Waals surface area contributed by atoms with Crippen LogP contribution in [0.4, 0.5) is 11.4 Å². The van der Waals surface area contributed by atoms with E-state index >= 15 is 0 Å². The fourth-order valence-electron chi connectivity index (χ4n) is 1.74. The van der Waals surface area contributed by atoms with Crippen LogP contribution in [0.15, 0.2) is 42.5 Å². The first-order chi connectivity index (χ1) is 7.88. The van der Waals surface area contributed by atoms with Crippen LogP contribution >= 0.6 is 12.2 Å². The summed E-state index contributed by atoms with van der Waals surface area (Å²) in [5, 5.41) is 6.03. The van der Waals surface area contributed by atoms with Crippen molar-refractivity contribution in [3.63, 3.8) is 0 Å². The van der Waals surface area contributed by atoms with Crippen LogP contribution in [-0.2, 0) is 0 Å². The van der Waals surface area contributed by atoms with E-state index in [1.165, 1.54) is 0 Å². The summed E-state index contributed by atoms with van der Waals surface area (Å²) in [6.45, 7) is 0. The van der Waals surface area contributed by atoms with Gasteiger partial charge < -0.3 is 10.1 Å². The molecule has 16 heavy (non-hydrogen) atoms. The number of benzene rings is 2. The number of thiocarbonyl (C=S) groups is 1. The highest BCUT2D eigenvalue weighted by molar-refractivity contribution is 7.79. The van der Waals surface area contributed by atoms with E-state index in [4.69, 9.17) is 17.0 Å². The maximum Gasteiger partial charge on any atom is 0.151 e. The molecule has 1 N–H and O–H groups in total. The van der Waals surface area contributed by atoms with Crippen LogP contribution in [0.3, 0.4) is 0 Å². The van der Waals surface area contributed by atoms with Gasteiger partial charge in [-0.3, -0.25) is 0 Å². The number of anilines is 2. The summed E-state index contributed by atoms with van der Waals surface area (Å²) < 4.78 is 5.77. The molecule has 1 aliphatic rings. The third-order valence-electron chi connectivity index (χ3n) is 2.50. The van der Waals surface area contributed by atoms with Crippen LogP contribution in [0, 0.1) is 0 Å². The summed E-state index contributed by atoms with van der Waals surface area (Å²) in [5.41, 5.74) is 2.69. The van der Waals surface area contributed by atoms with Gasteiger partial charge in [-0.25, -0.2) is 0 Å². The average molecular weight is 226 g/mol. The number of hydrogen-bond donors (Lipinski definition) is 1. The molecule has 1 radical (unpaired) electrons. The summed E-state index contributed by atoms with van der Waals surface area (Å²) >= 11 is 4.86. The standard InChI is InChI=1S/C13H8NOS/c16-8-9-4-3-7-12-13(9)14-10-5-1-2-6-11(10)15-12/h1-7,14H. The van der Waals surface area contributed by atoms with Crippen molar-refractivity contribution in [2.45, 2.75) is 0 Å². The molecule has 1 aliphatic heterocycles. The molecule has 2 aromatic carbocycles. The first-order valence-corrected chi connectivity index (χ1v) is 5.34. The Hall–Kier alpha value is -1.87. The number of hydrogen-bond acceptors (Lipinski definition) is 3. The van der Waals surface area contributed by atoms with Gasteiger partial charge in [0.25, 0.3) is 0 Å². The van der Waals surface area contributed by atoms with Crippen molar-refractivity contribution in [2.75, 3.05) is 5.32 Å². The second-order valence-corrected chi connectivity index (χ2v) is 3.71. The molecule has 0 saturated heterocycles. The highest BCUT2D eigenvalue weighted by atomic mass is 32.1. The molecule has 0 amide bonds. The summed E-state index contributed by atoms with van der Waals surface area (Å²) in [7, 11) is 0. The Balaban J connectivity index is 2.15. The number of fused-ring (bicyclic) bond motifs is 2. The zero-order chi connectivity index (χ0) is 11.0. The van der Waals surface area contributed by atoms with Gasteiger partial charge in [-0.05, 0) is 18.2 Å². The van der Waals surface area contributed by atoms with Gasteiger partial charge in [0.05, 0.1) is 16.7 Å². The minimum absolute atomic E-state index is 0.786. The van der Waals surface area contributed by atoms with Gasteiger partial charge >= 0.3 is 0 Å². The van der Waals surface area contributed by atoms with Crippen LogP contribution in [0.1, 0.15) is 5.56 Å². The van der Waals surface area contributed by atoms with Gasteiger partial charge in [0.15, 0.2) is 11.5 Å². The highest BCUT2D eigenvalue weighted by Gasteiger charge is 2.17. The molecule has 0 spiro atoms. The topological polar surface area (TPSA) is 21.3 Å². The lowest BCUT2D eigenvalue weighted by atomic mass is 10.1. The Morgan fingerprint density at radius 2 is 1.81 bits per heavy atom. The second kappa shape index (κ2) is 3.61. The molecule has 2 nitrogen and oxygen atoms in total. The lowest BCUT2D eigenvalue weighted by molar-refractivity contribution is 0.481. The van der Waals surface area contributed by atoms with Crippen LogP contribution in [0.2, 0.25) is 0 Å². The molecule has 0 bridgehead atoms.